The lowest BCUT2D eigenvalue weighted by atomic mass is 9.98. The number of amides is 4. The minimum atomic E-state index is -0.941. The molecule has 4 N–H and O–H groups in total. The lowest BCUT2D eigenvalue weighted by molar-refractivity contribution is -0.148. The summed E-state index contributed by atoms with van der Waals surface area (Å²) in [6.07, 6.45) is 3.53. The lowest BCUT2D eigenvalue weighted by Crippen LogP contribution is -2.61. The molecule has 2 atom stereocenters. The van der Waals surface area contributed by atoms with Gasteiger partial charge in [0.1, 0.15) is 11.6 Å². The Labute approximate surface area is 271 Å². The second kappa shape index (κ2) is 18.0. The predicted molar refractivity (Wildman–Crippen MR) is 173 cm³/mol. The summed E-state index contributed by atoms with van der Waals surface area (Å²) < 4.78 is 10.4. The monoisotopic (exact) mass is 643 g/mol. The van der Waals surface area contributed by atoms with Crippen molar-refractivity contribution in [2.24, 2.45) is 11.8 Å². The standard InChI is InChI=1S/C33H49N5O8/c1-21(2)19-27(40)34-18-16-28(41)38-25(9-8-17-35-38)31(43)37-30(22(3)4)26(39)20-45-29(42)15-12-23-10-13-24(14-11-23)36-32(44)46-33(5,6)7/h10-15,21-22,25,30,35H,8-9,16-20H2,1-7H3,(H,34,40)(H,36,44)(H,37,43)/b15-12+. The zero-order chi connectivity index (χ0) is 34.4. The molecule has 13 heteroatoms. The first-order chi connectivity index (χ1) is 21.6. The highest BCUT2D eigenvalue weighted by Crippen LogP contribution is 2.15. The van der Waals surface area contributed by atoms with Gasteiger partial charge in [0.2, 0.25) is 17.7 Å². The number of Topliss-reactive ketones (excluding diaryl/α,β-unsaturated/α-hetero) is 1. The number of nitrogens with one attached hydrogen (secondary N) is 4. The molecule has 1 aromatic carbocycles. The van der Waals surface area contributed by atoms with Crippen LogP contribution in [0.25, 0.3) is 6.08 Å². The Morgan fingerprint density at radius 1 is 1.04 bits per heavy atom. The number of hydrogen-bond acceptors (Lipinski definition) is 9. The first kappa shape index (κ1) is 37.9. The van der Waals surface area contributed by atoms with Crippen molar-refractivity contribution < 1.29 is 38.2 Å². The molecule has 1 saturated heterocycles. The first-order valence-electron chi connectivity index (χ1n) is 15.7. The molecule has 1 heterocycles. The fraction of sp³-hybridized carbons (Fsp3) is 0.576. The number of anilines is 1. The van der Waals surface area contributed by atoms with E-state index >= 15 is 0 Å². The van der Waals surface area contributed by atoms with E-state index in [0.29, 0.717) is 37.1 Å². The van der Waals surface area contributed by atoms with E-state index in [1.54, 1.807) is 58.9 Å². The van der Waals surface area contributed by atoms with Gasteiger partial charge in [0, 0.05) is 37.7 Å². The van der Waals surface area contributed by atoms with Crippen molar-refractivity contribution in [1.29, 1.82) is 0 Å². The summed E-state index contributed by atoms with van der Waals surface area (Å²) in [5, 5.41) is 9.36. The normalized spacial score (nSPS) is 15.8. The van der Waals surface area contributed by atoms with E-state index in [2.05, 4.69) is 21.4 Å². The van der Waals surface area contributed by atoms with Gasteiger partial charge in [-0.15, -0.1) is 0 Å². The van der Waals surface area contributed by atoms with E-state index in [0.717, 1.165) is 0 Å². The van der Waals surface area contributed by atoms with Crippen LogP contribution in [0.1, 0.15) is 79.7 Å². The zero-order valence-corrected chi connectivity index (χ0v) is 27.9. The third-order valence-electron chi connectivity index (χ3n) is 6.71. The highest BCUT2D eigenvalue weighted by Gasteiger charge is 2.35. The maximum absolute atomic E-state index is 13.3. The SMILES string of the molecule is CC(C)CC(=O)NCCC(=O)N1NCCCC1C(=O)NC(C(=O)COC(=O)/C=C/c1ccc(NC(=O)OC(C)(C)C)cc1)C(C)C. The van der Waals surface area contributed by atoms with Gasteiger partial charge in [-0.1, -0.05) is 39.8 Å². The number of esters is 1. The molecule has 0 saturated carbocycles. The highest BCUT2D eigenvalue weighted by atomic mass is 16.6. The molecule has 0 spiro atoms. The van der Waals surface area contributed by atoms with Crippen LogP contribution in [0.2, 0.25) is 0 Å². The minimum absolute atomic E-state index is 0.0176. The van der Waals surface area contributed by atoms with Gasteiger partial charge < -0.3 is 20.1 Å². The molecule has 46 heavy (non-hydrogen) atoms. The second-order valence-corrected chi connectivity index (χ2v) is 12.9. The van der Waals surface area contributed by atoms with Gasteiger partial charge in [0.25, 0.3) is 0 Å². The first-order valence-corrected chi connectivity index (χ1v) is 15.7. The van der Waals surface area contributed by atoms with Crippen LogP contribution in [0.4, 0.5) is 10.5 Å². The Morgan fingerprint density at radius 2 is 1.72 bits per heavy atom. The van der Waals surface area contributed by atoms with Gasteiger partial charge >= 0.3 is 12.1 Å². The second-order valence-electron chi connectivity index (χ2n) is 12.9. The van der Waals surface area contributed by atoms with Crippen LogP contribution >= 0.6 is 0 Å². The fourth-order valence-electron chi connectivity index (χ4n) is 4.53. The third kappa shape index (κ3) is 13.8. The molecular weight excluding hydrogens is 594 g/mol. The fourth-order valence-corrected chi connectivity index (χ4v) is 4.53. The minimum Gasteiger partial charge on any atom is -0.454 e. The molecule has 0 aliphatic carbocycles. The molecule has 1 aliphatic rings. The number of ketones is 1. The van der Waals surface area contributed by atoms with Gasteiger partial charge in [-0.2, -0.15) is 0 Å². The van der Waals surface area contributed by atoms with Crippen LogP contribution in [0.3, 0.4) is 0 Å². The molecule has 4 amide bonds. The van der Waals surface area contributed by atoms with Gasteiger partial charge in [0.15, 0.2) is 12.4 Å². The number of rotatable bonds is 14. The Kier molecular flexibility index (Phi) is 14.9. The van der Waals surface area contributed by atoms with E-state index in [1.165, 1.54) is 17.2 Å². The molecule has 1 aliphatic heterocycles. The van der Waals surface area contributed by atoms with Crippen LogP contribution in [-0.2, 0) is 33.4 Å². The van der Waals surface area contributed by atoms with Crippen molar-refractivity contribution in [3.8, 4) is 0 Å². The van der Waals surface area contributed by atoms with Crippen molar-refractivity contribution in [3.63, 3.8) is 0 Å². The van der Waals surface area contributed by atoms with Crippen LogP contribution in [0, 0.1) is 11.8 Å². The summed E-state index contributed by atoms with van der Waals surface area (Å²) in [4.78, 5) is 75.3. The zero-order valence-electron chi connectivity index (χ0n) is 27.9. The van der Waals surface area contributed by atoms with Crippen molar-refractivity contribution in [2.45, 2.75) is 91.8 Å². The summed E-state index contributed by atoms with van der Waals surface area (Å²) >= 11 is 0. The Bertz CT molecular complexity index is 1250. The summed E-state index contributed by atoms with van der Waals surface area (Å²) in [5.74, 6) is -2.32. The third-order valence-corrected chi connectivity index (χ3v) is 6.71. The van der Waals surface area contributed by atoms with Crippen molar-refractivity contribution >= 4 is 47.3 Å². The average molecular weight is 644 g/mol. The van der Waals surface area contributed by atoms with Crippen molar-refractivity contribution in [1.82, 2.24) is 21.1 Å². The summed E-state index contributed by atoms with van der Waals surface area (Å²) in [6, 6.07) is 4.89. The van der Waals surface area contributed by atoms with Gasteiger partial charge in [-0.3, -0.25) is 29.5 Å². The van der Waals surface area contributed by atoms with Crippen LogP contribution in [-0.4, -0.2) is 78.0 Å². The van der Waals surface area contributed by atoms with Gasteiger partial charge in [0.05, 0.1) is 6.04 Å². The Hall–Kier alpha value is -4.26. The van der Waals surface area contributed by atoms with Gasteiger partial charge in [-0.05, 0) is 69.2 Å². The predicted octanol–water partition coefficient (Wildman–Crippen LogP) is 3.35. The van der Waals surface area contributed by atoms with E-state index in [-0.39, 0.29) is 36.6 Å². The quantitative estimate of drug-likeness (QED) is 0.175. The Morgan fingerprint density at radius 3 is 2.33 bits per heavy atom. The Balaban J connectivity index is 1.89. The molecule has 0 aromatic heterocycles. The molecule has 1 aromatic rings. The topological polar surface area (TPSA) is 172 Å². The largest absolute Gasteiger partial charge is 0.454 e. The molecule has 2 unspecified atom stereocenters. The van der Waals surface area contributed by atoms with Crippen LogP contribution in [0.15, 0.2) is 30.3 Å². The average Bonchev–Trinajstić information content (AvgIpc) is 2.96. The smallest absolute Gasteiger partial charge is 0.412 e. The summed E-state index contributed by atoms with van der Waals surface area (Å²) in [7, 11) is 0. The molecule has 1 fully saturated rings. The number of carbonyl (C=O) groups excluding carboxylic acids is 6. The van der Waals surface area contributed by atoms with E-state index in [9.17, 15) is 28.8 Å². The van der Waals surface area contributed by atoms with Crippen LogP contribution < -0.4 is 21.4 Å². The van der Waals surface area contributed by atoms with E-state index in [1.807, 2.05) is 13.8 Å². The highest BCUT2D eigenvalue weighted by molar-refractivity contribution is 5.95. The maximum atomic E-state index is 13.3. The molecule has 0 bridgehead atoms. The van der Waals surface area contributed by atoms with Gasteiger partial charge in [-0.25, -0.2) is 15.0 Å². The van der Waals surface area contributed by atoms with E-state index in [4.69, 9.17) is 9.47 Å². The maximum Gasteiger partial charge on any atom is 0.412 e. The number of carbonyl (C=O) groups is 6. The number of nitrogens with zero attached hydrogens (tertiary/aromatic N) is 1. The molecule has 13 nitrogen and oxygen atoms in total. The molecular formula is C33H49N5O8. The van der Waals surface area contributed by atoms with E-state index < -0.39 is 48.0 Å². The number of ether oxygens (including phenoxy) is 2. The lowest BCUT2D eigenvalue weighted by Gasteiger charge is -2.36. The molecule has 254 valence electrons. The van der Waals surface area contributed by atoms with Crippen molar-refractivity contribution in [2.75, 3.05) is 25.0 Å². The molecule has 2 rings (SSSR count). The number of benzene rings is 1. The van der Waals surface area contributed by atoms with Crippen LogP contribution in [0.5, 0.6) is 0 Å². The number of hydrogen-bond donors (Lipinski definition) is 4. The van der Waals surface area contributed by atoms with Crippen molar-refractivity contribution in [3.05, 3.63) is 35.9 Å². The number of hydrazine groups is 1. The summed E-state index contributed by atoms with van der Waals surface area (Å²) in [5.41, 5.74) is 3.51. The summed E-state index contributed by atoms with van der Waals surface area (Å²) in [6.45, 7) is 12.8. The molecule has 0 radical (unpaired) electrons.